The maximum Gasteiger partial charge on any atom is 0.242 e. The number of anilines is 1. The van der Waals surface area contributed by atoms with Crippen LogP contribution in [0.15, 0.2) is 30.3 Å². The summed E-state index contributed by atoms with van der Waals surface area (Å²) < 4.78 is 29.0. The third-order valence-electron chi connectivity index (χ3n) is 4.67. The van der Waals surface area contributed by atoms with Crippen molar-refractivity contribution in [3.63, 3.8) is 0 Å². The van der Waals surface area contributed by atoms with Gasteiger partial charge in [0.25, 0.3) is 0 Å². The van der Waals surface area contributed by atoms with E-state index in [2.05, 4.69) is 10.1 Å². The zero-order valence-corrected chi connectivity index (χ0v) is 15.1. The molecule has 0 atom stereocenters. The molecule has 0 saturated carbocycles. The van der Waals surface area contributed by atoms with Crippen molar-refractivity contribution < 1.29 is 13.6 Å². The normalized spacial score (nSPS) is 15.0. The van der Waals surface area contributed by atoms with Crippen LogP contribution in [0.5, 0.6) is 0 Å². The monoisotopic (exact) mass is 371 g/mol. The van der Waals surface area contributed by atoms with Gasteiger partial charge in [-0.15, -0.1) is 0 Å². The molecule has 0 bridgehead atoms. The SMILES string of the molecule is Cc1cc(N2CCN(Cc3cc(F)ccc3F)C(=O)C2)n2nc(C)cc2n1. The van der Waals surface area contributed by atoms with Gasteiger partial charge in [-0.25, -0.2) is 13.8 Å². The van der Waals surface area contributed by atoms with Crippen molar-refractivity contribution >= 4 is 17.4 Å². The van der Waals surface area contributed by atoms with Gasteiger partial charge in [-0.05, 0) is 32.0 Å². The quantitative estimate of drug-likeness (QED) is 0.710. The first-order chi connectivity index (χ1) is 12.9. The first kappa shape index (κ1) is 17.4. The summed E-state index contributed by atoms with van der Waals surface area (Å²) in [6.07, 6.45) is 0. The van der Waals surface area contributed by atoms with E-state index in [0.717, 1.165) is 41.1 Å². The molecule has 27 heavy (non-hydrogen) atoms. The predicted molar refractivity (Wildman–Crippen MR) is 96.4 cm³/mol. The molecule has 1 amide bonds. The number of piperazine rings is 1. The number of hydrogen-bond donors (Lipinski definition) is 0. The van der Waals surface area contributed by atoms with Gasteiger partial charge in [0.05, 0.1) is 12.2 Å². The van der Waals surface area contributed by atoms with E-state index in [1.54, 1.807) is 9.42 Å². The van der Waals surface area contributed by atoms with E-state index in [1.807, 2.05) is 30.9 Å². The molecular weight excluding hydrogens is 352 g/mol. The second-order valence-corrected chi connectivity index (χ2v) is 6.78. The molecule has 1 aliphatic heterocycles. The minimum atomic E-state index is -0.513. The number of aromatic nitrogens is 3. The Labute approximate surface area is 155 Å². The third kappa shape index (κ3) is 3.34. The predicted octanol–water partition coefficient (Wildman–Crippen LogP) is 2.47. The number of carbonyl (C=O) groups excluding carboxylic acids is 1. The molecule has 0 unspecified atom stereocenters. The first-order valence-corrected chi connectivity index (χ1v) is 8.71. The number of nitrogens with zero attached hydrogens (tertiary/aromatic N) is 5. The van der Waals surface area contributed by atoms with Crippen LogP contribution >= 0.6 is 0 Å². The molecule has 0 radical (unpaired) electrons. The molecule has 2 aromatic heterocycles. The summed E-state index contributed by atoms with van der Waals surface area (Å²) in [6, 6.07) is 7.08. The van der Waals surface area contributed by atoms with Gasteiger partial charge >= 0.3 is 0 Å². The van der Waals surface area contributed by atoms with Gasteiger partial charge in [-0.1, -0.05) is 0 Å². The van der Waals surface area contributed by atoms with E-state index in [-0.39, 0.29) is 24.6 Å². The molecule has 0 N–H and O–H groups in total. The number of carbonyl (C=O) groups is 1. The fraction of sp³-hybridized carbons (Fsp3) is 0.316. The highest BCUT2D eigenvalue weighted by atomic mass is 19.1. The molecule has 8 heteroatoms. The average Bonchev–Trinajstić information content (AvgIpc) is 2.99. The van der Waals surface area contributed by atoms with E-state index in [1.165, 1.54) is 0 Å². The van der Waals surface area contributed by atoms with Crippen LogP contribution in [0, 0.1) is 25.5 Å². The van der Waals surface area contributed by atoms with Crippen molar-refractivity contribution in [1.82, 2.24) is 19.5 Å². The number of aryl methyl sites for hydroxylation is 2. The van der Waals surface area contributed by atoms with Crippen LogP contribution in [-0.2, 0) is 11.3 Å². The Morgan fingerprint density at radius 3 is 2.67 bits per heavy atom. The third-order valence-corrected chi connectivity index (χ3v) is 4.67. The van der Waals surface area contributed by atoms with E-state index >= 15 is 0 Å². The lowest BCUT2D eigenvalue weighted by Crippen LogP contribution is -2.50. The standard InChI is InChI=1S/C19H19F2N5O/c1-12-8-18(26-17(22-12)7-13(2)23-26)24-5-6-25(19(27)11-24)10-14-9-15(20)3-4-16(14)21/h3-4,7-9H,5-6,10-11H2,1-2H3. The number of fused-ring (bicyclic) bond motifs is 1. The first-order valence-electron chi connectivity index (χ1n) is 8.71. The number of halogens is 2. The summed E-state index contributed by atoms with van der Waals surface area (Å²) in [7, 11) is 0. The summed E-state index contributed by atoms with van der Waals surface area (Å²) in [6.45, 7) is 4.98. The van der Waals surface area contributed by atoms with Gasteiger partial charge in [0, 0.05) is 43.0 Å². The Bertz CT molecular complexity index is 1030. The van der Waals surface area contributed by atoms with Crippen LogP contribution in [0.4, 0.5) is 14.6 Å². The van der Waals surface area contributed by atoms with Crippen LogP contribution in [0.2, 0.25) is 0 Å². The van der Waals surface area contributed by atoms with Gasteiger partial charge in [0.1, 0.15) is 17.5 Å². The van der Waals surface area contributed by atoms with Crippen molar-refractivity contribution in [2.24, 2.45) is 0 Å². The Kier molecular flexibility index (Phi) is 4.25. The number of amides is 1. The number of hydrogen-bond acceptors (Lipinski definition) is 4. The fourth-order valence-electron chi connectivity index (χ4n) is 3.36. The van der Waals surface area contributed by atoms with Crippen LogP contribution in [0.3, 0.4) is 0 Å². The van der Waals surface area contributed by atoms with Crippen molar-refractivity contribution in [2.45, 2.75) is 20.4 Å². The van der Waals surface area contributed by atoms with Crippen molar-refractivity contribution in [2.75, 3.05) is 24.5 Å². The lowest BCUT2D eigenvalue weighted by atomic mass is 10.1. The summed E-state index contributed by atoms with van der Waals surface area (Å²) >= 11 is 0. The van der Waals surface area contributed by atoms with Crippen molar-refractivity contribution in [3.05, 3.63) is 58.9 Å². The lowest BCUT2D eigenvalue weighted by molar-refractivity contribution is -0.131. The van der Waals surface area contributed by atoms with E-state index in [9.17, 15) is 13.6 Å². The van der Waals surface area contributed by atoms with Crippen LogP contribution in [-0.4, -0.2) is 45.0 Å². The highest BCUT2D eigenvalue weighted by Crippen LogP contribution is 2.21. The molecule has 4 rings (SSSR count). The topological polar surface area (TPSA) is 53.7 Å². The van der Waals surface area contributed by atoms with Gasteiger partial charge in [0.15, 0.2) is 5.65 Å². The molecule has 1 saturated heterocycles. The second kappa shape index (κ2) is 6.61. The summed E-state index contributed by atoms with van der Waals surface area (Å²) in [5, 5.41) is 4.46. The molecule has 3 aromatic rings. The largest absolute Gasteiger partial charge is 0.345 e. The molecule has 6 nitrogen and oxygen atoms in total. The van der Waals surface area contributed by atoms with Gasteiger partial charge in [-0.2, -0.15) is 9.61 Å². The van der Waals surface area contributed by atoms with E-state index < -0.39 is 11.6 Å². The van der Waals surface area contributed by atoms with Crippen molar-refractivity contribution in [1.29, 1.82) is 0 Å². The summed E-state index contributed by atoms with van der Waals surface area (Å²) in [4.78, 5) is 20.6. The Balaban J connectivity index is 1.56. The molecule has 1 aromatic carbocycles. The fourth-order valence-corrected chi connectivity index (χ4v) is 3.36. The molecule has 0 spiro atoms. The zero-order valence-electron chi connectivity index (χ0n) is 15.1. The van der Waals surface area contributed by atoms with Gasteiger partial charge in [0.2, 0.25) is 5.91 Å². The van der Waals surface area contributed by atoms with E-state index in [0.29, 0.717) is 13.1 Å². The highest BCUT2D eigenvalue weighted by Gasteiger charge is 2.27. The van der Waals surface area contributed by atoms with Crippen LogP contribution < -0.4 is 4.90 Å². The van der Waals surface area contributed by atoms with Gasteiger partial charge < -0.3 is 9.80 Å². The van der Waals surface area contributed by atoms with Crippen LogP contribution in [0.1, 0.15) is 17.0 Å². The molecule has 0 aliphatic carbocycles. The van der Waals surface area contributed by atoms with Crippen molar-refractivity contribution in [3.8, 4) is 0 Å². The molecular formula is C19H19F2N5O. The summed E-state index contributed by atoms with van der Waals surface area (Å²) in [5.74, 6) is -0.363. The maximum absolute atomic E-state index is 13.9. The minimum absolute atomic E-state index is 0.0575. The number of benzene rings is 1. The Hall–Kier alpha value is -3.03. The molecule has 1 aliphatic rings. The summed E-state index contributed by atoms with van der Waals surface area (Å²) in [5.41, 5.74) is 2.61. The Morgan fingerprint density at radius 2 is 1.89 bits per heavy atom. The average molecular weight is 371 g/mol. The molecule has 3 heterocycles. The Morgan fingerprint density at radius 1 is 1.07 bits per heavy atom. The molecule has 1 fully saturated rings. The van der Waals surface area contributed by atoms with Crippen LogP contribution in [0.25, 0.3) is 5.65 Å². The van der Waals surface area contributed by atoms with Gasteiger partial charge in [-0.3, -0.25) is 4.79 Å². The zero-order chi connectivity index (χ0) is 19.1. The smallest absolute Gasteiger partial charge is 0.242 e. The maximum atomic E-state index is 13.9. The van der Waals surface area contributed by atoms with E-state index in [4.69, 9.17) is 0 Å². The number of rotatable bonds is 3. The minimum Gasteiger partial charge on any atom is -0.345 e. The lowest BCUT2D eigenvalue weighted by Gasteiger charge is -2.35. The second-order valence-electron chi connectivity index (χ2n) is 6.78. The molecule has 140 valence electrons. The highest BCUT2D eigenvalue weighted by molar-refractivity contribution is 5.82.